The van der Waals surface area contributed by atoms with Crippen LogP contribution in [-0.4, -0.2) is 52.2 Å². The quantitative estimate of drug-likeness (QED) is 0.798. The highest BCUT2D eigenvalue weighted by Gasteiger charge is 2.25. The molecule has 1 aromatic rings. The van der Waals surface area contributed by atoms with Crippen LogP contribution in [-0.2, 0) is 0 Å². The van der Waals surface area contributed by atoms with Crippen LogP contribution in [0.4, 0.5) is 0 Å². The molecule has 0 bridgehead atoms. The van der Waals surface area contributed by atoms with E-state index in [9.17, 15) is 0 Å². The van der Waals surface area contributed by atoms with Gasteiger partial charge in [0, 0.05) is 32.2 Å². The molecule has 1 aliphatic rings. The topological polar surface area (TPSA) is 45.4 Å². The molecule has 17 heavy (non-hydrogen) atoms. The van der Waals surface area contributed by atoms with Crippen LogP contribution in [0.15, 0.2) is 4.52 Å². The molecule has 0 aromatic carbocycles. The minimum absolute atomic E-state index is 0.227. The molecule has 0 saturated carbocycles. The molecule has 1 unspecified atom stereocenters. The van der Waals surface area contributed by atoms with Gasteiger partial charge in [-0.1, -0.05) is 5.16 Å². The largest absolute Gasteiger partial charge is 0.338 e. The van der Waals surface area contributed by atoms with Gasteiger partial charge in [0.25, 0.3) is 0 Å². The van der Waals surface area contributed by atoms with Crippen molar-refractivity contribution in [2.24, 2.45) is 0 Å². The average molecular weight is 238 g/mol. The van der Waals surface area contributed by atoms with E-state index in [4.69, 9.17) is 4.52 Å². The Morgan fingerprint density at radius 2 is 1.65 bits per heavy atom. The Balaban J connectivity index is 1.92. The third-order valence-electron chi connectivity index (χ3n) is 3.53. The first-order valence-electron chi connectivity index (χ1n) is 6.36. The predicted octanol–water partition coefficient (Wildman–Crippen LogP) is 1.47. The number of aryl methyl sites for hydroxylation is 1. The van der Waals surface area contributed by atoms with Gasteiger partial charge in [0.05, 0.1) is 6.04 Å². The van der Waals surface area contributed by atoms with Gasteiger partial charge < -0.3 is 4.52 Å². The zero-order valence-electron chi connectivity index (χ0n) is 11.2. The van der Waals surface area contributed by atoms with E-state index in [2.05, 4.69) is 40.7 Å². The number of rotatable bonds is 3. The molecule has 0 spiro atoms. The molecule has 1 aromatic heterocycles. The summed E-state index contributed by atoms with van der Waals surface area (Å²) in [5.41, 5.74) is 0. The van der Waals surface area contributed by atoms with Gasteiger partial charge in [-0.25, -0.2) is 0 Å². The molecular weight excluding hydrogens is 216 g/mol. The molecule has 0 amide bonds. The molecule has 0 N–H and O–H groups in total. The third-order valence-corrected chi connectivity index (χ3v) is 3.53. The Kier molecular flexibility index (Phi) is 3.79. The van der Waals surface area contributed by atoms with Gasteiger partial charge in [-0.3, -0.25) is 9.80 Å². The summed E-state index contributed by atoms with van der Waals surface area (Å²) in [6.45, 7) is 12.9. The van der Waals surface area contributed by atoms with Crippen LogP contribution in [0.25, 0.3) is 0 Å². The van der Waals surface area contributed by atoms with Gasteiger partial charge >= 0.3 is 0 Å². The molecular formula is C12H22N4O. The lowest BCUT2D eigenvalue weighted by atomic mass is 10.2. The number of piperazine rings is 1. The van der Waals surface area contributed by atoms with Crippen LogP contribution < -0.4 is 0 Å². The number of hydrogen-bond donors (Lipinski definition) is 0. The van der Waals surface area contributed by atoms with Gasteiger partial charge in [0.1, 0.15) is 0 Å². The SMILES string of the molecule is Cc1noc(C(C)N2CCN(C(C)C)CC2)n1. The third kappa shape index (κ3) is 2.84. The van der Waals surface area contributed by atoms with Crippen LogP contribution in [0.3, 0.4) is 0 Å². The van der Waals surface area contributed by atoms with Crippen molar-refractivity contribution >= 4 is 0 Å². The number of aromatic nitrogens is 2. The van der Waals surface area contributed by atoms with E-state index in [-0.39, 0.29) is 6.04 Å². The molecule has 5 nitrogen and oxygen atoms in total. The maximum absolute atomic E-state index is 5.24. The van der Waals surface area contributed by atoms with Crippen LogP contribution >= 0.6 is 0 Å². The van der Waals surface area contributed by atoms with E-state index in [0.717, 1.165) is 32.1 Å². The van der Waals surface area contributed by atoms with Crippen LogP contribution in [0.2, 0.25) is 0 Å². The minimum Gasteiger partial charge on any atom is -0.338 e. The minimum atomic E-state index is 0.227. The van der Waals surface area contributed by atoms with Gasteiger partial charge in [-0.2, -0.15) is 4.98 Å². The van der Waals surface area contributed by atoms with Gasteiger partial charge in [-0.05, 0) is 27.7 Å². The zero-order valence-corrected chi connectivity index (χ0v) is 11.2. The summed E-state index contributed by atoms with van der Waals surface area (Å²) in [5.74, 6) is 1.45. The molecule has 2 rings (SSSR count). The molecule has 1 fully saturated rings. The molecule has 0 radical (unpaired) electrons. The molecule has 96 valence electrons. The Bertz CT molecular complexity index is 355. The number of nitrogens with zero attached hydrogens (tertiary/aromatic N) is 4. The summed E-state index contributed by atoms with van der Waals surface area (Å²) in [7, 11) is 0. The average Bonchev–Trinajstić information content (AvgIpc) is 2.75. The Labute approximate surface area is 103 Å². The van der Waals surface area contributed by atoms with E-state index in [1.54, 1.807) is 0 Å². The standard InChI is InChI=1S/C12H22N4O/c1-9(2)15-5-7-16(8-6-15)10(3)12-13-11(4)14-17-12/h9-10H,5-8H2,1-4H3. The first-order valence-corrected chi connectivity index (χ1v) is 6.36. The maximum Gasteiger partial charge on any atom is 0.243 e. The lowest BCUT2D eigenvalue weighted by Crippen LogP contribution is -2.49. The monoisotopic (exact) mass is 238 g/mol. The smallest absolute Gasteiger partial charge is 0.243 e. The summed E-state index contributed by atoms with van der Waals surface area (Å²) in [4.78, 5) is 9.22. The van der Waals surface area contributed by atoms with Crippen molar-refractivity contribution in [2.45, 2.75) is 39.8 Å². The second-order valence-electron chi connectivity index (χ2n) is 5.02. The van der Waals surface area contributed by atoms with E-state index in [1.807, 2.05) is 6.92 Å². The predicted molar refractivity (Wildman–Crippen MR) is 65.7 cm³/mol. The van der Waals surface area contributed by atoms with Crippen LogP contribution in [0.1, 0.15) is 38.5 Å². The fourth-order valence-corrected chi connectivity index (χ4v) is 2.28. The lowest BCUT2D eigenvalue weighted by Gasteiger charge is -2.38. The summed E-state index contributed by atoms with van der Waals surface area (Å²) >= 11 is 0. The Morgan fingerprint density at radius 3 is 2.12 bits per heavy atom. The van der Waals surface area contributed by atoms with Crippen molar-refractivity contribution < 1.29 is 4.52 Å². The van der Waals surface area contributed by atoms with Crippen molar-refractivity contribution in [3.05, 3.63) is 11.7 Å². The summed E-state index contributed by atoms with van der Waals surface area (Å²) in [6, 6.07) is 0.864. The number of hydrogen-bond acceptors (Lipinski definition) is 5. The van der Waals surface area contributed by atoms with E-state index in [0.29, 0.717) is 11.9 Å². The van der Waals surface area contributed by atoms with Gasteiger partial charge in [-0.15, -0.1) is 0 Å². The second kappa shape index (κ2) is 5.14. The highest BCUT2D eigenvalue weighted by molar-refractivity contribution is 4.92. The first-order chi connectivity index (χ1) is 8.08. The van der Waals surface area contributed by atoms with Crippen molar-refractivity contribution in [3.63, 3.8) is 0 Å². The maximum atomic E-state index is 5.24. The summed E-state index contributed by atoms with van der Waals surface area (Å²) in [6.07, 6.45) is 0. The van der Waals surface area contributed by atoms with E-state index < -0.39 is 0 Å². The first kappa shape index (κ1) is 12.5. The van der Waals surface area contributed by atoms with Crippen LogP contribution in [0.5, 0.6) is 0 Å². The van der Waals surface area contributed by atoms with Gasteiger partial charge in [0.15, 0.2) is 5.82 Å². The van der Waals surface area contributed by atoms with Crippen molar-refractivity contribution in [2.75, 3.05) is 26.2 Å². The molecule has 1 saturated heterocycles. The fourth-order valence-electron chi connectivity index (χ4n) is 2.28. The molecule has 0 aliphatic carbocycles. The molecule has 5 heteroatoms. The second-order valence-corrected chi connectivity index (χ2v) is 5.02. The van der Waals surface area contributed by atoms with E-state index >= 15 is 0 Å². The highest BCUT2D eigenvalue weighted by Crippen LogP contribution is 2.20. The zero-order chi connectivity index (χ0) is 12.4. The highest BCUT2D eigenvalue weighted by atomic mass is 16.5. The molecule has 1 aliphatic heterocycles. The fraction of sp³-hybridized carbons (Fsp3) is 0.833. The van der Waals surface area contributed by atoms with Crippen molar-refractivity contribution in [1.29, 1.82) is 0 Å². The van der Waals surface area contributed by atoms with Crippen molar-refractivity contribution in [1.82, 2.24) is 19.9 Å². The van der Waals surface area contributed by atoms with Gasteiger partial charge in [0.2, 0.25) is 5.89 Å². The normalized spacial score (nSPS) is 21.0. The van der Waals surface area contributed by atoms with Crippen LogP contribution in [0, 0.1) is 6.92 Å². The Hall–Kier alpha value is -0.940. The van der Waals surface area contributed by atoms with Crippen molar-refractivity contribution in [3.8, 4) is 0 Å². The summed E-state index contributed by atoms with van der Waals surface area (Å²) < 4.78 is 5.24. The summed E-state index contributed by atoms with van der Waals surface area (Å²) in [5, 5.41) is 3.85. The molecule has 1 atom stereocenters. The van der Waals surface area contributed by atoms with E-state index in [1.165, 1.54) is 0 Å². The Morgan fingerprint density at radius 1 is 1.06 bits per heavy atom. The lowest BCUT2D eigenvalue weighted by molar-refractivity contribution is 0.0722. The molecule has 2 heterocycles.